The Morgan fingerprint density at radius 3 is 2.45 bits per heavy atom. The number of halogens is 1. The quantitative estimate of drug-likeness (QED) is 0.421. The molecule has 3 aromatic rings. The zero-order valence-corrected chi connectivity index (χ0v) is 19.2. The van der Waals surface area contributed by atoms with Gasteiger partial charge in [-0.15, -0.1) is 0 Å². The summed E-state index contributed by atoms with van der Waals surface area (Å²) in [7, 11) is -3.64. The second-order valence-corrected chi connectivity index (χ2v) is 10.1. The fourth-order valence-electron chi connectivity index (χ4n) is 3.67. The van der Waals surface area contributed by atoms with Crippen LogP contribution in [0.4, 0.5) is 11.4 Å². The van der Waals surface area contributed by atoms with E-state index in [9.17, 15) is 23.3 Å². The van der Waals surface area contributed by atoms with Crippen LogP contribution in [0.25, 0.3) is 0 Å². The largest absolute Gasteiger partial charge is 0.322 e. The number of benzene rings is 3. The number of rotatable bonds is 5. The summed E-state index contributed by atoms with van der Waals surface area (Å²) in [6.45, 7) is 2.45. The molecule has 0 unspecified atom stereocenters. The minimum atomic E-state index is -3.64. The molecule has 0 spiro atoms. The van der Waals surface area contributed by atoms with E-state index in [-0.39, 0.29) is 27.7 Å². The van der Waals surface area contributed by atoms with E-state index in [1.54, 1.807) is 36.4 Å². The zero-order valence-electron chi connectivity index (χ0n) is 17.6. The third-order valence-corrected chi connectivity index (χ3v) is 7.68. The fourth-order valence-corrected chi connectivity index (χ4v) is 5.35. The molecule has 1 aliphatic rings. The molecule has 33 heavy (non-hydrogen) atoms. The molecule has 0 saturated carbocycles. The van der Waals surface area contributed by atoms with Crippen molar-refractivity contribution in [2.24, 2.45) is 0 Å². The Kier molecular flexibility index (Phi) is 6.20. The van der Waals surface area contributed by atoms with Crippen LogP contribution >= 0.6 is 11.6 Å². The van der Waals surface area contributed by atoms with Crippen LogP contribution in [0.15, 0.2) is 65.6 Å². The van der Waals surface area contributed by atoms with Crippen molar-refractivity contribution in [2.75, 3.05) is 11.9 Å². The number of carbonyl (C=O) groups excluding carboxylic acids is 1. The summed E-state index contributed by atoms with van der Waals surface area (Å²) in [6.07, 6.45) is 0.558. The van der Waals surface area contributed by atoms with E-state index in [1.165, 1.54) is 16.4 Å². The number of nitro groups is 1. The molecule has 0 atom stereocenters. The Morgan fingerprint density at radius 1 is 1.06 bits per heavy atom. The number of carbonyl (C=O) groups is 1. The maximum absolute atomic E-state index is 13.1. The topological polar surface area (TPSA) is 110 Å². The normalized spacial score (nSPS) is 13.9. The van der Waals surface area contributed by atoms with Crippen LogP contribution in [-0.4, -0.2) is 30.1 Å². The summed E-state index contributed by atoms with van der Waals surface area (Å²) in [6, 6.07) is 15.7. The first kappa shape index (κ1) is 22.9. The Hall–Kier alpha value is -3.27. The summed E-state index contributed by atoms with van der Waals surface area (Å²) in [5.41, 5.74) is 3.15. The third-order valence-electron chi connectivity index (χ3n) is 5.51. The monoisotopic (exact) mass is 485 g/mol. The highest BCUT2D eigenvalue weighted by atomic mass is 35.5. The van der Waals surface area contributed by atoms with Crippen molar-refractivity contribution in [2.45, 2.75) is 24.8 Å². The Balaban J connectivity index is 1.54. The highest BCUT2D eigenvalue weighted by Crippen LogP contribution is 2.28. The molecule has 10 heteroatoms. The molecule has 0 fully saturated rings. The maximum Gasteiger partial charge on any atom is 0.270 e. The van der Waals surface area contributed by atoms with Crippen molar-refractivity contribution in [3.05, 3.63) is 98.1 Å². The van der Waals surface area contributed by atoms with E-state index in [0.717, 1.165) is 22.8 Å². The minimum absolute atomic E-state index is 0.0324. The first-order chi connectivity index (χ1) is 15.6. The van der Waals surface area contributed by atoms with E-state index >= 15 is 0 Å². The molecule has 4 rings (SSSR count). The molecule has 170 valence electrons. The van der Waals surface area contributed by atoms with Crippen molar-refractivity contribution in [1.29, 1.82) is 0 Å². The van der Waals surface area contributed by atoms with Crippen LogP contribution in [0.5, 0.6) is 0 Å². The predicted octanol–water partition coefficient (Wildman–Crippen LogP) is 4.56. The molecule has 0 aromatic heterocycles. The molecule has 8 nitrogen and oxygen atoms in total. The predicted molar refractivity (Wildman–Crippen MR) is 125 cm³/mol. The smallest absolute Gasteiger partial charge is 0.270 e. The molecule has 0 bridgehead atoms. The van der Waals surface area contributed by atoms with Crippen molar-refractivity contribution in [3.63, 3.8) is 0 Å². The van der Waals surface area contributed by atoms with Gasteiger partial charge in [-0.05, 0) is 54.8 Å². The Morgan fingerprint density at radius 2 is 1.79 bits per heavy atom. The number of sulfonamides is 1. The first-order valence-corrected chi connectivity index (χ1v) is 11.9. The average molecular weight is 486 g/mol. The second kappa shape index (κ2) is 8.93. The van der Waals surface area contributed by atoms with E-state index in [1.807, 2.05) is 13.0 Å². The third kappa shape index (κ3) is 4.75. The van der Waals surface area contributed by atoms with Gasteiger partial charge in [-0.25, -0.2) is 8.42 Å². The SMILES string of the molecule is Cc1ccc(S(=O)(=O)N2CCc3ccc(NC(=O)c4ccc([N+](=O)[O-])cc4Cl)cc3C2)cc1. The number of nitrogens with zero attached hydrogens (tertiary/aromatic N) is 2. The van der Waals surface area contributed by atoms with Gasteiger partial charge >= 0.3 is 0 Å². The van der Waals surface area contributed by atoms with Crippen LogP contribution in [-0.2, 0) is 23.0 Å². The number of hydrogen-bond acceptors (Lipinski definition) is 5. The van der Waals surface area contributed by atoms with E-state index in [0.29, 0.717) is 18.7 Å². The van der Waals surface area contributed by atoms with Gasteiger partial charge in [0.25, 0.3) is 11.6 Å². The highest BCUT2D eigenvalue weighted by Gasteiger charge is 2.28. The van der Waals surface area contributed by atoms with Gasteiger partial charge in [-0.1, -0.05) is 35.4 Å². The van der Waals surface area contributed by atoms with Gasteiger partial charge in [0.2, 0.25) is 10.0 Å². The number of nitrogens with one attached hydrogen (secondary N) is 1. The minimum Gasteiger partial charge on any atom is -0.322 e. The standard InChI is InChI=1S/C23H20ClN3O5S/c1-15-2-7-20(8-3-15)33(31,32)26-11-10-16-4-5-18(12-17(16)14-26)25-23(28)21-9-6-19(27(29)30)13-22(21)24/h2-9,12-13H,10-11,14H2,1H3,(H,25,28). The zero-order chi connectivity index (χ0) is 23.8. The number of hydrogen-bond donors (Lipinski definition) is 1. The number of aryl methyl sites for hydroxylation is 1. The first-order valence-electron chi connectivity index (χ1n) is 10.1. The van der Waals surface area contributed by atoms with Crippen molar-refractivity contribution >= 4 is 38.9 Å². The second-order valence-electron chi connectivity index (χ2n) is 7.76. The lowest BCUT2D eigenvalue weighted by atomic mass is 10.0. The molecule has 1 N–H and O–H groups in total. The summed E-state index contributed by atoms with van der Waals surface area (Å²) in [5.74, 6) is -0.519. The van der Waals surface area contributed by atoms with Crippen molar-refractivity contribution < 1.29 is 18.1 Å². The van der Waals surface area contributed by atoms with Crippen LogP contribution in [0.2, 0.25) is 5.02 Å². The van der Waals surface area contributed by atoms with Gasteiger partial charge in [0.15, 0.2) is 0 Å². The van der Waals surface area contributed by atoms with Crippen molar-refractivity contribution in [1.82, 2.24) is 4.31 Å². The summed E-state index contributed by atoms with van der Waals surface area (Å²) in [5, 5.41) is 13.6. The molecule has 1 amide bonds. The molecule has 0 saturated heterocycles. The molecular formula is C23H20ClN3O5S. The number of amides is 1. The lowest BCUT2D eigenvalue weighted by molar-refractivity contribution is -0.384. The van der Waals surface area contributed by atoms with Gasteiger partial charge in [0, 0.05) is 30.9 Å². The van der Waals surface area contributed by atoms with Crippen LogP contribution in [0, 0.1) is 17.0 Å². The van der Waals surface area contributed by atoms with E-state index in [4.69, 9.17) is 11.6 Å². The van der Waals surface area contributed by atoms with Gasteiger partial charge in [-0.3, -0.25) is 14.9 Å². The molecule has 3 aromatic carbocycles. The van der Waals surface area contributed by atoms with Gasteiger partial charge in [0.05, 0.1) is 20.4 Å². The average Bonchev–Trinajstić information content (AvgIpc) is 2.78. The van der Waals surface area contributed by atoms with E-state index in [2.05, 4.69) is 5.32 Å². The molecule has 0 radical (unpaired) electrons. The van der Waals surface area contributed by atoms with Gasteiger partial charge < -0.3 is 5.32 Å². The number of nitro benzene ring substituents is 1. The molecular weight excluding hydrogens is 466 g/mol. The van der Waals surface area contributed by atoms with Crippen LogP contribution < -0.4 is 5.32 Å². The lowest BCUT2D eigenvalue weighted by Gasteiger charge is -2.28. The van der Waals surface area contributed by atoms with Gasteiger partial charge in [0.1, 0.15) is 0 Å². The number of anilines is 1. The Bertz CT molecular complexity index is 1360. The van der Waals surface area contributed by atoms with E-state index < -0.39 is 20.9 Å². The molecule has 1 aliphatic heterocycles. The summed E-state index contributed by atoms with van der Waals surface area (Å²) < 4.78 is 27.6. The lowest BCUT2D eigenvalue weighted by Crippen LogP contribution is -2.36. The molecule has 1 heterocycles. The summed E-state index contributed by atoms with van der Waals surface area (Å²) >= 11 is 6.05. The Labute approximate surface area is 196 Å². The van der Waals surface area contributed by atoms with Crippen molar-refractivity contribution in [3.8, 4) is 0 Å². The number of non-ortho nitro benzene ring substituents is 1. The number of fused-ring (bicyclic) bond motifs is 1. The maximum atomic E-state index is 13.1. The van der Waals surface area contributed by atoms with Gasteiger partial charge in [-0.2, -0.15) is 4.31 Å². The van der Waals surface area contributed by atoms with Crippen LogP contribution in [0.1, 0.15) is 27.0 Å². The fraction of sp³-hybridized carbons (Fsp3) is 0.174. The molecule has 0 aliphatic carbocycles. The highest BCUT2D eigenvalue weighted by molar-refractivity contribution is 7.89. The summed E-state index contributed by atoms with van der Waals surface area (Å²) in [4.78, 5) is 23.2. The van der Waals surface area contributed by atoms with Crippen LogP contribution in [0.3, 0.4) is 0 Å².